The summed E-state index contributed by atoms with van der Waals surface area (Å²) < 4.78 is 14.1. The zero-order chi connectivity index (χ0) is 15.3. The lowest BCUT2D eigenvalue weighted by atomic mass is 10.1. The third-order valence-corrected chi connectivity index (χ3v) is 3.16. The first-order chi connectivity index (χ1) is 9.35. The van der Waals surface area contributed by atoms with Crippen LogP contribution in [-0.2, 0) is 6.54 Å². The highest BCUT2D eigenvalue weighted by atomic mass is 19.1. The van der Waals surface area contributed by atoms with E-state index in [1.165, 1.54) is 6.07 Å². The summed E-state index contributed by atoms with van der Waals surface area (Å²) in [5.74, 6) is 0.110. The van der Waals surface area contributed by atoms with Gasteiger partial charge in [-0.2, -0.15) is 0 Å². The van der Waals surface area contributed by atoms with Gasteiger partial charge in [-0.05, 0) is 25.8 Å². The zero-order valence-corrected chi connectivity index (χ0v) is 12.6. The first-order valence-electron chi connectivity index (χ1n) is 6.85. The molecule has 0 saturated carbocycles. The molecule has 0 aliphatic rings. The molecule has 0 aliphatic carbocycles. The zero-order valence-electron chi connectivity index (χ0n) is 12.6. The van der Waals surface area contributed by atoms with Crippen molar-refractivity contribution in [2.75, 3.05) is 6.54 Å². The van der Waals surface area contributed by atoms with Gasteiger partial charge in [0.25, 0.3) is 0 Å². The molecule has 5 heteroatoms. The van der Waals surface area contributed by atoms with E-state index in [1.807, 2.05) is 0 Å². The van der Waals surface area contributed by atoms with Gasteiger partial charge in [-0.15, -0.1) is 0 Å². The molecule has 3 N–H and O–H groups in total. The van der Waals surface area contributed by atoms with Crippen LogP contribution >= 0.6 is 0 Å². The second kappa shape index (κ2) is 7.24. The minimum absolute atomic E-state index is 0.0849. The predicted octanol–water partition coefficient (Wildman–Crippen LogP) is 2.79. The highest BCUT2D eigenvalue weighted by molar-refractivity contribution is 5.97. The fraction of sp³-hybridized carbons (Fsp3) is 0.533. The molecular weight excluding hydrogens is 257 g/mol. The number of hydrogen-bond acceptors (Lipinski definition) is 3. The average molecular weight is 281 g/mol. The molecule has 0 spiro atoms. The largest absolute Gasteiger partial charge is 0.409 e. The third-order valence-electron chi connectivity index (χ3n) is 3.16. The molecule has 0 amide bonds. The van der Waals surface area contributed by atoms with Crippen LogP contribution in [0.3, 0.4) is 0 Å². The Kier molecular flexibility index (Phi) is 5.95. The highest BCUT2D eigenvalue weighted by Crippen LogP contribution is 2.16. The fourth-order valence-corrected chi connectivity index (χ4v) is 2.04. The monoisotopic (exact) mass is 281 g/mol. The molecule has 0 unspecified atom stereocenters. The minimum atomic E-state index is -0.330. The molecule has 112 valence electrons. The van der Waals surface area contributed by atoms with E-state index in [4.69, 9.17) is 10.9 Å². The van der Waals surface area contributed by atoms with Gasteiger partial charge in [-0.3, -0.25) is 4.90 Å². The van der Waals surface area contributed by atoms with Gasteiger partial charge in [0.05, 0.1) is 0 Å². The summed E-state index contributed by atoms with van der Waals surface area (Å²) in [6.45, 7) is 9.97. The lowest BCUT2D eigenvalue weighted by Crippen LogP contribution is -2.33. The van der Waals surface area contributed by atoms with E-state index in [0.717, 1.165) is 6.54 Å². The van der Waals surface area contributed by atoms with Crippen LogP contribution in [0.4, 0.5) is 4.39 Å². The van der Waals surface area contributed by atoms with Crippen LogP contribution in [0.5, 0.6) is 0 Å². The number of halogens is 1. The summed E-state index contributed by atoms with van der Waals surface area (Å²) in [5.41, 5.74) is 6.45. The smallest absolute Gasteiger partial charge is 0.170 e. The molecule has 1 aromatic carbocycles. The Balaban J connectivity index is 2.91. The van der Waals surface area contributed by atoms with Crippen LogP contribution < -0.4 is 5.73 Å². The van der Waals surface area contributed by atoms with Crippen molar-refractivity contribution in [2.24, 2.45) is 16.8 Å². The van der Waals surface area contributed by atoms with Gasteiger partial charge in [-0.1, -0.05) is 31.1 Å². The topological polar surface area (TPSA) is 61.8 Å². The molecule has 0 heterocycles. The summed E-state index contributed by atoms with van der Waals surface area (Å²) in [6.07, 6.45) is 0. The quantitative estimate of drug-likeness (QED) is 0.365. The van der Waals surface area contributed by atoms with Crippen molar-refractivity contribution in [1.29, 1.82) is 0 Å². The number of oxime groups is 1. The van der Waals surface area contributed by atoms with Crippen molar-refractivity contribution in [1.82, 2.24) is 4.90 Å². The first kappa shape index (κ1) is 16.4. The number of rotatable bonds is 6. The van der Waals surface area contributed by atoms with E-state index in [1.54, 1.807) is 12.1 Å². The van der Waals surface area contributed by atoms with E-state index in [0.29, 0.717) is 29.6 Å². The predicted molar refractivity (Wildman–Crippen MR) is 79.3 cm³/mol. The molecule has 0 bridgehead atoms. The summed E-state index contributed by atoms with van der Waals surface area (Å²) in [4.78, 5) is 2.23. The van der Waals surface area contributed by atoms with E-state index < -0.39 is 0 Å². The molecule has 20 heavy (non-hydrogen) atoms. The molecule has 0 fully saturated rings. The Labute approximate surface area is 120 Å². The van der Waals surface area contributed by atoms with Crippen LogP contribution in [0.25, 0.3) is 0 Å². The van der Waals surface area contributed by atoms with Crippen molar-refractivity contribution in [3.63, 3.8) is 0 Å². The number of nitrogens with zero attached hydrogens (tertiary/aromatic N) is 2. The molecule has 0 atom stereocenters. The third kappa shape index (κ3) is 4.49. The van der Waals surface area contributed by atoms with Crippen molar-refractivity contribution in [3.05, 3.63) is 35.1 Å². The van der Waals surface area contributed by atoms with Gasteiger partial charge in [0.1, 0.15) is 5.82 Å². The van der Waals surface area contributed by atoms with Gasteiger partial charge in [0.2, 0.25) is 0 Å². The van der Waals surface area contributed by atoms with Gasteiger partial charge >= 0.3 is 0 Å². The molecule has 0 aliphatic heterocycles. The van der Waals surface area contributed by atoms with Gasteiger partial charge in [0.15, 0.2) is 5.84 Å². The SMILES string of the molecule is CC(C)CN(Cc1ccc(C(N)=NO)cc1F)C(C)C. The van der Waals surface area contributed by atoms with Crippen molar-refractivity contribution >= 4 is 5.84 Å². The molecule has 1 aromatic rings. The standard InChI is InChI=1S/C15H24FN3O/c1-10(2)8-19(11(3)4)9-13-6-5-12(7-14(13)16)15(17)18-20/h5-7,10-11,20H,8-9H2,1-4H3,(H2,17,18). The van der Waals surface area contributed by atoms with Crippen LogP contribution in [0.15, 0.2) is 23.4 Å². The summed E-state index contributed by atoms with van der Waals surface area (Å²) in [6, 6.07) is 5.01. The maximum atomic E-state index is 14.1. The molecule has 0 saturated heterocycles. The Morgan fingerprint density at radius 1 is 1.35 bits per heavy atom. The number of benzene rings is 1. The van der Waals surface area contributed by atoms with Crippen molar-refractivity contribution in [2.45, 2.75) is 40.3 Å². The molecule has 0 aromatic heterocycles. The Hall–Kier alpha value is -1.62. The second-order valence-electron chi connectivity index (χ2n) is 5.71. The van der Waals surface area contributed by atoms with Crippen LogP contribution in [0.1, 0.15) is 38.8 Å². The van der Waals surface area contributed by atoms with Gasteiger partial charge in [0, 0.05) is 30.3 Å². The lowest BCUT2D eigenvalue weighted by molar-refractivity contribution is 0.187. The molecular formula is C15H24FN3O. The van der Waals surface area contributed by atoms with E-state index in [9.17, 15) is 4.39 Å². The maximum Gasteiger partial charge on any atom is 0.170 e. The Morgan fingerprint density at radius 3 is 2.45 bits per heavy atom. The Bertz CT molecular complexity index is 472. The summed E-state index contributed by atoms with van der Waals surface area (Å²) >= 11 is 0. The second-order valence-corrected chi connectivity index (χ2v) is 5.71. The van der Waals surface area contributed by atoms with E-state index in [2.05, 4.69) is 37.8 Å². The maximum absolute atomic E-state index is 14.1. The van der Waals surface area contributed by atoms with E-state index >= 15 is 0 Å². The lowest BCUT2D eigenvalue weighted by Gasteiger charge is -2.28. The highest BCUT2D eigenvalue weighted by Gasteiger charge is 2.15. The van der Waals surface area contributed by atoms with Gasteiger partial charge < -0.3 is 10.9 Å². The number of nitrogens with two attached hydrogens (primary N) is 1. The van der Waals surface area contributed by atoms with Gasteiger partial charge in [-0.25, -0.2) is 4.39 Å². The summed E-state index contributed by atoms with van der Waals surface area (Å²) in [5, 5.41) is 11.5. The van der Waals surface area contributed by atoms with Crippen molar-refractivity contribution in [3.8, 4) is 0 Å². The molecule has 4 nitrogen and oxygen atoms in total. The average Bonchev–Trinajstić information content (AvgIpc) is 2.38. The Morgan fingerprint density at radius 2 is 2.00 bits per heavy atom. The van der Waals surface area contributed by atoms with Crippen LogP contribution in [0, 0.1) is 11.7 Å². The van der Waals surface area contributed by atoms with E-state index in [-0.39, 0.29) is 11.7 Å². The van der Waals surface area contributed by atoms with Crippen LogP contribution in [-0.4, -0.2) is 28.5 Å². The van der Waals surface area contributed by atoms with Crippen molar-refractivity contribution < 1.29 is 9.60 Å². The number of amidine groups is 1. The summed E-state index contributed by atoms with van der Waals surface area (Å²) in [7, 11) is 0. The van der Waals surface area contributed by atoms with Crippen LogP contribution in [0.2, 0.25) is 0 Å². The molecule has 0 radical (unpaired) electrons. The first-order valence-corrected chi connectivity index (χ1v) is 6.85. The minimum Gasteiger partial charge on any atom is -0.409 e. The molecule has 1 rings (SSSR count). The normalized spacial score (nSPS) is 12.7. The fourth-order valence-electron chi connectivity index (χ4n) is 2.04. The number of hydrogen-bond donors (Lipinski definition) is 2.